The van der Waals surface area contributed by atoms with E-state index in [4.69, 9.17) is 4.74 Å². The summed E-state index contributed by atoms with van der Waals surface area (Å²) in [4.78, 5) is 53.4. The van der Waals surface area contributed by atoms with Crippen molar-refractivity contribution in [2.45, 2.75) is 56.7 Å². The predicted octanol–water partition coefficient (Wildman–Crippen LogP) is 0.683. The molecule has 4 heterocycles. The van der Waals surface area contributed by atoms with Crippen molar-refractivity contribution in [3.63, 3.8) is 0 Å². The standard InChI is InChI=1S/C23H28N4O5/c28-19-5-4-17(21(29)25-19)27-22(30)16-2-1-3-18(20(16)23(27)31)32-15-8-12-26(13-9-15)14-6-10-24-11-7-14/h1-3,14-15,17,24H,4-13H2,(H,25,28,29). The van der Waals surface area contributed by atoms with Crippen LogP contribution in [0.4, 0.5) is 0 Å². The maximum atomic E-state index is 13.2. The number of carbonyl (C=O) groups excluding carboxylic acids is 4. The van der Waals surface area contributed by atoms with Gasteiger partial charge < -0.3 is 15.0 Å². The average Bonchev–Trinajstić information content (AvgIpc) is 3.06. The molecular formula is C23H28N4O5. The minimum atomic E-state index is -0.971. The molecule has 2 N–H and O–H groups in total. The van der Waals surface area contributed by atoms with Gasteiger partial charge in [-0.05, 0) is 57.3 Å². The summed E-state index contributed by atoms with van der Waals surface area (Å²) < 4.78 is 6.24. The number of carbonyl (C=O) groups is 4. The molecule has 0 aromatic heterocycles. The highest BCUT2D eigenvalue weighted by atomic mass is 16.5. The van der Waals surface area contributed by atoms with Gasteiger partial charge in [0.25, 0.3) is 11.8 Å². The third-order valence-corrected chi connectivity index (χ3v) is 7.03. The van der Waals surface area contributed by atoms with E-state index in [1.165, 1.54) is 12.8 Å². The van der Waals surface area contributed by atoms with Crippen LogP contribution in [0.25, 0.3) is 0 Å². The number of ether oxygens (including phenoxy) is 1. The number of fused-ring (bicyclic) bond motifs is 1. The highest BCUT2D eigenvalue weighted by Gasteiger charge is 2.46. The van der Waals surface area contributed by atoms with Gasteiger partial charge in [0.2, 0.25) is 11.8 Å². The van der Waals surface area contributed by atoms with Crippen molar-refractivity contribution in [2.24, 2.45) is 0 Å². The fraction of sp³-hybridized carbons (Fsp3) is 0.565. The lowest BCUT2D eigenvalue weighted by Crippen LogP contribution is -2.54. The quantitative estimate of drug-likeness (QED) is 0.663. The van der Waals surface area contributed by atoms with E-state index in [9.17, 15) is 19.2 Å². The molecule has 3 fully saturated rings. The molecule has 1 aromatic carbocycles. The van der Waals surface area contributed by atoms with Crippen molar-refractivity contribution >= 4 is 23.6 Å². The summed E-state index contributed by atoms with van der Waals surface area (Å²) in [5.41, 5.74) is 0.479. The second-order valence-electron chi connectivity index (χ2n) is 8.96. The van der Waals surface area contributed by atoms with Gasteiger partial charge in [0, 0.05) is 25.6 Å². The highest BCUT2D eigenvalue weighted by Crippen LogP contribution is 2.35. The van der Waals surface area contributed by atoms with E-state index in [0.29, 0.717) is 11.8 Å². The minimum absolute atomic E-state index is 0.0213. The molecule has 0 spiro atoms. The first-order chi connectivity index (χ1) is 15.5. The molecule has 0 radical (unpaired) electrons. The fourth-order valence-electron chi connectivity index (χ4n) is 5.29. The van der Waals surface area contributed by atoms with E-state index in [1.807, 2.05) is 0 Å². The summed E-state index contributed by atoms with van der Waals surface area (Å²) in [7, 11) is 0. The van der Waals surface area contributed by atoms with Crippen molar-refractivity contribution in [1.29, 1.82) is 0 Å². The number of likely N-dealkylation sites (tertiary alicyclic amines) is 1. The Labute approximate surface area is 186 Å². The van der Waals surface area contributed by atoms with Crippen LogP contribution in [0.2, 0.25) is 0 Å². The molecule has 0 saturated carbocycles. The van der Waals surface area contributed by atoms with Gasteiger partial charge in [-0.25, -0.2) is 0 Å². The smallest absolute Gasteiger partial charge is 0.266 e. The Morgan fingerprint density at radius 2 is 1.66 bits per heavy atom. The summed E-state index contributed by atoms with van der Waals surface area (Å²) in [6.07, 6.45) is 4.30. The summed E-state index contributed by atoms with van der Waals surface area (Å²) in [6, 6.07) is 4.67. The van der Waals surface area contributed by atoms with Gasteiger partial charge in [0.1, 0.15) is 17.9 Å². The zero-order valence-corrected chi connectivity index (χ0v) is 18.0. The van der Waals surface area contributed by atoms with Crippen LogP contribution in [0.1, 0.15) is 59.2 Å². The van der Waals surface area contributed by atoms with E-state index in [-0.39, 0.29) is 36.0 Å². The first-order valence-corrected chi connectivity index (χ1v) is 11.5. The van der Waals surface area contributed by atoms with Crippen LogP contribution in [-0.4, -0.2) is 77.8 Å². The van der Waals surface area contributed by atoms with Crippen molar-refractivity contribution in [3.8, 4) is 5.75 Å². The van der Waals surface area contributed by atoms with Crippen LogP contribution in [0, 0.1) is 0 Å². The van der Waals surface area contributed by atoms with Crippen molar-refractivity contribution < 1.29 is 23.9 Å². The van der Waals surface area contributed by atoms with Gasteiger partial charge in [0.05, 0.1) is 11.1 Å². The number of piperidine rings is 3. The van der Waals surface area contributed by atoms with Crippen LogP contribution < -0.4 is 15.4 Å². The molecule has 5 rings (SSSR count). The van der Waals surface area contributed by atoms with Crippen LogP contribution >= 0.6 is 0 Å². The van der Waals surface area contributed by atoms with Gasteiger partial charge >= 0.3 is 0 Å². The second-order valence-corrected chi connectivity index (χ2v) is 8.96. The Morgan fingerprint density at radius 1 is 0.906 bits per heavy atom. The predicted molar refractivity (Wildman–Crippen MR) is 114 cm³/mol. The summed E-state index contributed by atoms with van der Waals surface area (Å²) in [6.45, 7) is 4.05. The molecule has 4 aliphatic rings. The molecule has 4 amide bonds. The Morgan fingerprint density at radius 3 is 2.38 bits per heavy atom. The van der Waals surface area contributed by atoms with Crippen LogP contribution in [-0.2, 0) is 9.59 Å². The largest absolute Gasteiger partial charge is 0.489 e. The normalized spacial score (nSPS) is 25.8. The lowest BCUT2D eigenvalue weighted by Gasteiger charge is -2.39. The summed E-state index contributed by atoms with van der Waals surface area (Å²) >= 11 is 0. The molecule has 1 unspecified atom stereocenters. The Bertz CT molecular complexity index is 950. The molecule has 3 saturated heterocycles. The number of benzene rings is 1. The Kier molecular flexibility index (Phi) is 5.69. The van der Waals surface area contributed by atoms with Crippen LogP contribution in [0.3, 0.4) is 0 Å². The van der Waals surface area contributed by atoms with Crippen molar-refractivity contribution in [3.05, 3.63) is 29.3 Å². The minimum Gasteiger partial charge on any atom is -0.489 e. The zero-order chi connectivity index (χ0) is 22.2. The molecule has 0 bridgehead atoms. The van der Waals surface area contributed by atoms with Gasteiger partial charge in [-0.1, -0.05) is 6.07 Å². The van der Waals surface area contributed by atoms with E-state index in [1.54, 1.807) is 18.2 Å². The van der Waals surface area contributed by atoms with E-state index in [2.05, 4.69) is 15.5 Å². The van der Waals surface area contributed by atoms with Crippen molar-refractivity contribution in [1.82, 2.24) is 20.4 Å². The molecule has 1 aromatic rings. The SMILES string of the molecule is O=C1CCC(N2C(=O)c3cccc(OC4CCN(C5CCNCC5)CC4)c3C2=O)C(=O)N1. The van der Waals surface area contributed by atoms with E-state index < -0.39 is 23.8 Å². The lowest BCUT2D eigenvalue weighted by molar-refractivity contribution is -0.136. The summed E-state index contributed by atoms with van der Waals surface area (Å²) in [5, 5.41) is 5.62. The number of nitrogens with zero attached hydrogens (tertiary/aromatic N) is 2. The number of hydrogen-bond acceptors (Lipinski definition) is 7. The number of nitrogens with one attached hydrogen (secondary N) is 2. The Hall–Kier alpha value is -2.78. The zero-order valence-electron chi connectivity index (χ0n) is 18.0. The Balaban J connectivity index is 1.28. The fourth-order valence-corrected chi connectivity index (χ4v) is 5.29. The first-order valence-electron chi connectivity index (χ1n) is 11.5. The maximum Gasteiger partial charge on any atom is 0.266 e. The van der Waals surface area contributed by atoms with E-state index in [0.717, 1.165) is 43.9 Å². The molecule has 0 aliphatic carbocycles. The molecule has 9 heteroatoms. The number of hydrogen-bond donors (Lipinski definition) is 2. The van der Waals surface area contributed by atoms with Gasteiger partial charge in [-0.2, -0.15) is 0 Å². The molecule has 9 nitrogen and oxygen atoms in total. The molecular weight excluding hydrogens is 412 g/mol. The number of amides is 4. The molecule has 1 atom stereocenters. The van der Waals surface area contributed by atoms with Gasteiger partial charge in [-0.3, -0.25) is 29.4 Å². The van der Waals surface area contributed by atoms with Gasteiger partial charge in [-0.15, -0.1) is 0 Å². The summed E-state index contributed by atoms with van der Waals surface area (Å²) in [5.74, 6) is -1.63. The average molecular weight is 441 g/mol. The topological polar surface area (TPSA) is 108 Å². The van der Waals surface area contributed by atoms with Crippen LogP contribution in [0.15, 0.2) is 18.2 Å². The lowest BCUT2D eigenvalue weighted by atomic mass is 9.99. The van der Waals surface area contributed by atoms with Crippen molar-refractivity contribution in [2.75, 3.05) is 26.2 Å². The molecule has 170 valence electrons. The first kappa shape index (κ1) is 21.1. The number of imide groups is 2. The van der Waals surface area contributed by atoms with Crippen LogP contribution in [0.5, 0.6) is 5.75 Å². The third-order valence-electron chi connectivity index (χ3n) is 7.03. The monoisotopic (exact) mass is 440 g/mol. The molecule has 4 aliphatic heterocycles. The maximum absolute atomic E-state index is 13.2. The number of rotatable bonds is 4. The van der Waals surface area contributed by atoms with E-state index >= 15 is 0 Å². The highest BCUT2D eigenvalue weighted by molar-refractivity contribution is 6.24. The molecule has 32 heavy (non-hydrogen) atoms. The third kappa shape index (κ3) is 3.80. The second kappa shape index (κ2) is 8.63. The van der Waals surface area contributed by atoms with Gasteiger partial charge in [0.15, 0.2) is 0 Å².